The van der Waals surface area contributed by atoms with Crippen molar-refractivity contribution in [3.63, 3.8) is 0 Å². The van der Waals surface area contributed by atoms with Gasteiger partial charge < -0.3 is 5.11 Å². The van der Waals surface area contributed by atoms with Crippen LogP contribution in [0.4, 0.5) is 0 Å². The summed E-state index contributed by atoms with van der Waals surface area (Å²) in [5.74, 6) is -1.36. The molecule has 0 spiro atoms. The van der Waals surface area contributed by atoms with Gasteiger partial charge in [-0.15, -0.1) is 0 Å². The number of sulfonamides is 1. The molecule has 0 aliphatic rings. The molecule has 0 aromatic carbocycles. The zero-order valence-electron chi connectivity index (χ0n) is 11.7. The Bertz CT molecular complexity index is 351. The van der Waals surface area contributed by atoms with Crippen LogP contribution in [0.15, 0.2) is 0 Å². The summed E-state index contributed by atoms with van der Waals surface area (Å²) in [5.41, 5.74) is 0. The van der Waals surface area contributed by atoms with Crippen molar-refractivity contribution in [3.05, 3.63) is 0 Å². The van der Waals surface area contributed by atoms with Crippen LogP contribution < -0.4 is 0 Å². The highest BCUT2D eigenvalue weighted by Gasteiger charge is 2.26. The molecule has 1 unspecified atom stereocenters. The number of hydrogen-bond acceptors (Lipinski definition) is 3. The van der Waals surface area contributed by atoms with E-state index in [4.69, 9.17) is 5.11 Å². The summed E-state index contributed by atoms with van der Waals surface area (Å²) in [6.07, 6.45) is 1.42. The van der Waals surface area contributed by atoms with E-state index in [1.165, 1.54) is 11.2 Å². The van der Waals surface area contributed by atoms with E-state index < -0.39 is 21.9 Å². The van der Waals surface area contributed by atoms with Gasteiger partial charge in [0.25, 0.3) is 0 Å². The van der Waals surface area contributed by atoms with E-state index in [0.717, 1.165) is 6.42 Å². The smallest absolute Gasteiger partial charge is 0.307 e. The summed E-state index contributed by atoms with van der Waals surface area (Å²) in [4.78, 5) is 10.8. The van der Waals surface area contributed by atoms with Gasteiger partial charge in [-0.3, -0.25) is 4.79 Å². The Morgan fingerprint density at radius 2 is 1.78 bits per heavy atom. The minimum atomic E-state index is -3.34. The first-order valence-electron chi connectivity index (χ1n) is 6.41. The van der Waals surface area contributed by atoms with Gasteiger partial charge in [-0.1, -0.05) is 34.1 Å². The summed E-state index contributed by atoms with van der Waals surface area (Å²) in [6.45, 7) is 7.75. The van der Waals surface area contributed by atoms with Crippen LogP contribution in [0.1, 0.15) is 40.5 Å². The van der Waals surface area contributed by atoms with E-state index in [0.29, 0.717) is 13.0 Å². The van der Waals surface area contributed by atoms with Crippen molar-refractivity contribution < 1.29 is 18.3 Å². The molecule has 0 heterocycles. The van der Waals surface area contributed by atoms with Gasteiger partial charge in [-0.05, 0) is 12.3 Å². The minimum Gasteiger partial charge on any atom is -0.481 e. The third kappa shape index (κ3) is 6.35. The molecular formula is C12H25NO4S. The second kappa shape index (κ2) is 7.74. The number of nitrogens with zero attached hydrogens (tertiary/aromatic N) is 1. The molecule has 0 aromatic heterocycles. The average molecular weight is 279 g/mol. The standard InChI is InChI=1S/C12H25NO4S/c1-5-6-7-18(16,17)13(8-10(2)3)9-11(4)12(14)15/h10-11H,5-9H2,1-4H3,(H,14,15). The number of unbranched alkanes of at least 4 members (excludes halogenated alkanes) is 1. The largest absolute Gasteiger partial charge is 0.481 e. The summed E-state index contributed by atoms with van der Waals surface area (Å²) >= 11 is 0. The predicted molar refractivity (Wildman–Crippen MR) is 71.9 cm³/mol. The summed E-state index contributed by atoms with van der Waals surface area (Å²) < 4.78 is 25.6. The van der Waals surface area contributed by atoms with E-state index in [9.17, 15) is 13.2 Å². The van der Waals surface area contributed by atoms with Gasteiger partial charge in [0.1, 0.15) is 0 Å². The molecule has 0 saturated heterocycles. The Morgan fingerprint density at radius 3 is 2.17 bits per heavy atom. The highest BCUT2D eigenvalue weighted by Crippen LogP contribution is 2.12. The van der Waals surface area contributed by atoms with Crippen LogP contribution in [0.25, 0.3) is 0 Å². The normalized spacial score (nSPS) is 14.1. The highest BCUT2D eigenvalue weighted by molar-refractivity contribution is 7.89. The Hall–Kier alpha value is -0.620. The van der Waals surface area contributed by atoms with Crippen molar-refractivity contribution in [2.75, 3.05) is 18.8 Å². The lowest BCUT2D eigenvalue weighted by atomic mass is 10.1. The van der Waals surface area contributed by atoms with Crippen molar-refractivity contribution in [3.8, 4) is 0 Å². The zero-order valence-corrected chi connectivity index (χ0v) is 12.5. The van der Waals surface area contributed by atoms with E-state index in [1.54, 1.807) is 0 Å². The van der Waals surface area contributed by atoms with E-state index in [-0.39, 0.29) is 18.2 Å². The molecule has 5 nitrogen and oxygen atoms in total. The molecule has 0 fully saturated rings. The molecule has 0 aliphatic carbocycles. The molecule has 0 rings (SSSR count). The summed E-state index contributed by atoms with van der Waals surface area (Å²) in [6, 6.07) is 0. The Morgan fingerprint density at radius 1 is 1.22 bits per heavy atom. The van der Waals surface area contributed by atoms with Crippen LogP contribution >= 0.6 is 0 Å². The summed E-state index contributed by atoms with van der Waals surface area (Å²) in [5, 5.41) is 8.89. The number of aliphatic carboxylic acids is 1. The predicted octanol–water partition coefficient (Wildman–Crippen LogP) is 1.79. The zero-order chi connectivity index (χ0) is 14.3. The maximum Gasteiger partial charge on any atom is 0.307 e. The molecule has 0 radical (unpaired) electrons. The third-order valence-electron chi connectivity index (χ3n) is 2.62. The van der Waals surface area contributed by atoms with Gasteiger partial charge in [0.2, 0.25) is 10.0 Å². The molecule has 108 valence electrons. The lowest BCUT2D eigenvalue weighted by Gasteiger charge is -2.25. The molecule has 1 N–H and O–H groups in total. The van der Waals surface area contributed by atoms with Gasteiger partial charge in [-0.2, -0.15) is 0 Å². The molecule has 0 saturated carbocycles. The number of carbonyl (C=O) groups is 1. The maximum absolute atomic E-state index is 12.1. The lowest BCUT2D eigenvalue weighted by molar-refractivity contribution is -0.141. The number of carboxylic acids is 1. The van der Waals surface area contributed by atoms with Crippen LogP contribution in [-0.4, -0.2) is 42.6 Å². The number of rotatable bonds is 9. The molecular weight excluding hydrogens is 254 g/mol. The van der Waals surface area contributed by atoms with E-state index >= 15 is 0 Å². The van der Waals surface area contributed by atoms with Gasteiger partial charge in [-0.25, -0.2) is 12.7 Å². The van der Waals surface area contributed by atoms with Crippen LogP contribution in [0.2, 0.25) is 0 Å². The van der Waals surface area contributed by atoms with Crippen LogP contribution in [0, 0.1) is 11.8 Å². The topological polar surface area (TPSA) is 74.7 Å². The van der Waals surface area contributed by atoms with Gasteiger partial charge in [0, 0.05) is 13.1 Å². The van der Waals surface area contributed by atoms with Crippen molar-refractivity contribution >= 4 is 16.0 Å². The summed E-state index contributed by atoms with van der Waals surface area (Å²) in [7, 11) is -3.34. The molecule has 18 heavy (non-hydrogen) atoms. The van der Waals surface area contributed by atoms with Gasteiger partial charge in [0.05, 0.1) is 11.7 Å². The molecule has 0 amide bonds. The second-order valence-electron chi connectivity index (χ2n) is 5.12. The quantitative estimate of drug-likeness (QED) is 0.698. The van der Waals surface area contributed by atoms with Crippen LogP contribution in [0.5, 0.6) is 0 Å². The first-order chi connectivity index (χ1) is 8.20. The molecule has 1 atom stereocenters. The van der Waals surface area contributed by atoms with Crippen LogP contribution in [0.3, 0.4) is 0 Å². The SMILES string of the molecule is CCCCS(=O)(=O)N(CC(C)C)CC(C)C(=O)O. The number of hydrogen-bond donors (Lipinski definition) is 1. The first-order valence-corrected chi connectivity index (χ1v) is 8.02. The van der Waals surface area contributed by atoms with Gasteiger partial charge >= 0.3 is 5.97 Å². The van der Waals surface area contributed by atoms with E-state index in [2.05, 4.69) is 0 Å². The Kier molecular flexibility index (Phi) is 7.47. The minimum absolute atomic E-state index is 0.0551. The fourth-order valence-corrected chi connectivity index (χ4v) is 3.44. The van der Waals surface area contributed by atoms with Crippen molar-refractivity contribution in [1.82, 2.24) is 4.31 Å². The Balaban J connectivity index is 4.81. The highest BCUT2D eigenvalue weighted by atomic mass is 32.2. The molecule has 0 aromatic rings. The number of carboxylic acid groups (broad SMARTS) is 1. The lowest BCUT2D eigenvalue weighted by Crippen LogP contribution is -2.40. The van der Waals surface area contributed by atoms with Gasteiger partial charge in [0.15, 0.2) is 0 Å². The van der Waals surface area contributed by atoms with Crippen LogP contribution in [-0.2, 0) is 14.8 Å². The molecule has 6 heteroatoms. The monoisotopic (exact) mass is 279 g/mol. The molecule has 0 aliphatic heterocycles. The van der Waals surface area contributed by atoms with Crippen molar-refractivity contribution in [2.24, 2.45) is 11.8 Å². The van der Waals surface area contributed by atoms with Crippen molar-refractivity contribution in [2.45, 2.75) is 40.5 Å². The first kappa shape index (κ1) is 17.4. The fraction of sp³-hybridized carbons (Fsp3) is 0.917. The average Bonchev–Trinajstić information content (AvgIpc) is 2.24. The van der Waals surface area contributed by atoms with Crippen molar-refractivity contribution in [1.29, 1.82) is 0 Å². The third-order valence-corrected chi connectivity index (χ3v) is 4.51. The fourth-order valence-electron chi connectivity index (χ4n) is 1.55. The Labute approximate surface area is 110 Å². The maximum atomic E-state index is 12.1. The van der Waals surface area contributed by atoms with E-state index in [1.807, 2.05) is 20.8 Å². The second-order valence-corrected chi connectivity index (χ2v) is 7.21. The molecule has 0 bridgehead atoms.